The third-order valence-electron chi connectivity index (χ3n) is 4.75. The zero-order valence-electron chi connectivity index (χ0n) is 16.8. The van der Waals surface area contributed by atoms with Crippen LogP contribution in [0.5, 0.6) is 0 Å². The molecule has 0 spiro atoms. The van der Waals surface area contributed by atoms with E-state index in [1.54, 1.807) is 13.0 Å². The number of hydrogen-bond donors (Lipinski definition) is 1. The molecule has 0 radical (unpaired) electrons. The lowest BCUT2D eigenvalue weighted by molar-refractivity contribution is -0.0132. The molecule has 0 bridgehead atoms. The number of pyridine rings is 2. The molecule has 2 aromatic heterocycles. The fourth-order valence-electron chi connectivity index (χ4n) is 3.11. The average molecular weight is 329 g/mol. The Bertz CT molecular complexity index is 954. The fourth-order valence-corrected chi connectivity index (χ4v) is 3.11. The molecule has 0 atom stereocenters. The van der Waals surface area contributed by atoms with Crippen molar-refractivity contribution in [2.45, 2.75) is 38.7 Å². The molecule has 1 aliphatic rings. The number of piperidine rings is 1. The van der Waals surface area contributed by atoms with Gasteiger partial charge in [0.15, 0.2) is 0 Å². The molecule has 3 rings (SSSR count). The number of aryl methyl sites for hydroxylation is 1. The number of nitriles is 1. The van der Waals surface area contributed by atoms with Gasteiger partial charge in [0.05, 0.1) is 20.9 Å². The molecule has 0 unspecified atom stereocenters. The summed E-state index contributed by atoms with van der Waals surface area (Å²) in [6.45, 7) is 4.71. The molecule has 6 nitrogen and oxygen atoms in total. The Hall–Kier alpha value is -2.39. The number of ether oxygens (including phenoxy) is 1. The van der Waals surface area contributed by atoms with Crippen molar-refractivity contribution in [1.29, 1.82) is 5.26 Å². The lowest BCUT2D eigenvalue weighted by atomic mass is 9.92. The molecular formula is C18H22N4O2. The zero-order valence-corrected chi connectivity index (χ0v) is 13.8. The van der Waals surface area contributed by atoms with Crippen LogP contribution in [0.4, 0.5) is 5.69 Å². The van der Waals surface area contributed by atoms with Gasteiger partial charge >= 0.3 is 0 Å². The number of fused-ring (bicyclic) bond motifs is 1. The summed E-state index contributed by atoms with van der Waals surface area (Å²) in [6.07, 6.45) is 1.68. The van der Waals surface area contributed by atoms with Crippen molar-refractivity contribution < 1.29 is 8.85 Å². The topological polar surface area (TPSA) is 82.0 Å². The van der Waals surface area contributed by atoms with E-state index in [2.05, 4.69) is 9.97 Å². The number of aromatic amines is 1. The highest BCUT2D eigenvalue weighted by atomic mass is 16.5. The predicted molar refractivity (Wildman–Crippen MR) is 93.3 cm³/mol. The van der Waals surface area contributed by atoms with E-state index in [-0.39, 0.29) is 5.56 Å². The van der Waals surface area contributed by atoms with Crippen molar-refractivity contribution in [3.05, 3.63) is 33.7 Å². The Labute approximate surface area is 145 Å². The maximum absolute atomic E-state index is 12.4. The number of nitrogens with one attached hydrogen (secondary N) is 1. The summed E-state index contributed by atoms with van der Waals surface area (Å²) in [7, 11) is -2.46. The van der Waals surface area contributed by atoms with Crippen LogP contribution in [0.1, 0.15) is 42.1 Å². The van der Waals surface area contributed by atoms with E-state index < -0.39 is 18.2 Å². The average Bonchev–Trinajstić information content (AvgIpc) is 2.59. The van der Waals surface area contributed by atoms with Crippen molar-refractivity contribution in [3.63, 3.8) is 0 Å². The minimum absolute atomic E-state index is 0.0311. The highest BCUT2D eigenvalue weighted by Crippen LogP contribution is 2.32. The molecule has 3 heterocycles. The van der Waals surface area contributed by atoms with Gasteiger partial charge in [0.25, 0.3) is 5.56 Å². The first-order chi connectivity index (χ1) is 12.7. The van der Waals surface area contributed by atoms with Crippen molar-refractivity contribution in [1.82, 2.24) is 9.97 Å². The highest BCUT2D eigenvalue weighted by molar-refractivity contribution is 5.91. The van der Waals surface area contributed by atoms with Crippen LogP contribution in [0.25, 0.3) is 11.0 Å². The number of anilines is 1. The maximum atomic E-state index is 12.4. The summed E-state index contributed by atoms with van der Waals surface area (Å²) >= 11 is 0. The second kappa shape index (κ2) is 6.25. The standard InChI is InChI=1S/C18H22N4O2/c1-4-12-5-6-14-15(20-12)16(13(11-19)17(23)21-14)22-9-7-18(2,24-3)8-10-22/h5-6H,4,7-10H2,1-3H3,(H,21,23)/i3D3. The van der Waals surface area contributed by atoms with Crippen LogP contribution in [0, 0.1) is 11.3 Å². The monoisotopic (exact) mass is 329 g/mol. The molecule has 126 valence electrons. The predicted octanol–water partition coefficient (Wildman–Crippen LogP) is 2.36. The molecule has 1 aliphatic heterocycles. The number of nitrogens with zero attached hydrogens (tertiary/aromatic N) is 3. The molecule has 2 aromatic rings. The van der Waals surface area contributed by atoms with Gasteiger partial charge in [-0.15, -0.1) is 0 Å². The van der Waals surface area contributed by atoms with Gasteiger partial charge in [0, 0.05) is 25.8 Å². The summed E-state index contributed by atoms with van der Waals surface area (Å²) < 4.78 is 27.3. The summed E-state index contributed by atoms with van der Waals surface area (Å²) in [5, 5.41) is 9.55. The first kappa shape index (κ1) is 13.0. The Balaban J connectivity index is 2.02. The van der Waals surface area contributed by atoms with Crippen LogP contribution in [0.15, 0.2) is 16.9 Å². The lowest BCUT2D eigenvalue weighted by Gasteiger charge is -2.39. The number of rotatable bonds is 3. The molecule has 1 saturated heterocycles. The normalized spacial score (nSPS) is 19.4. The third-order valence-corrected chi connectivity index (χ3v) is 4.75. The molecule has 0 saturated carbocycles. The van der Waals surface area contributed by atoms with Gasteiger partial charge < -0.3 is 14.6 Å². The van der Waals surface area contributed by atoms with E-state index in [1.165, 1.54) is 0 Å². The van der Waals surface area contributed by atoms with E-state index >= 15 is 0 Å². The maximum Gasteiger partial charge on any atom is 0.268 e. The number of H-pyrrole nitrogens is 1. The summed E-state index contributed by atoms with van der Waals surface area (Å²) in [4.78, 5) is 21.7. The summed E-state index contributed by atoms with van der Waals surface area (Å²) in [5.74, 6) is 0. The molecule has 0 amide bonds. The minimum Gasteiger partial charge on any atom is -0.378 e. The van der Waals surface area contributed by atoms with Gasteiger partial charge in [0.1, 0.15) is 17.1 Å². The van der Waals surface area contributed by atoms with Gasteiger partial charge in [-0.05, 0) is 38.3 Å². The van der Waals surface area contributed by atoms with Crippen molar-refractivity contribution >= 4 is 16.7 Å². The van der Waals surface area contributed by atoms with Crippen LogP contribution in [-0.4, -0.2) is 35.7 Å². The van der Waals surface area contributed by atoms with Crippen LogP contribution >= 0.6 is 0 Å². The molecule has 6 heteroatoms. The quantitative estimate of drug-likeness (QED) is 0.935. The fraction of sp³-hybridized carbons (Fsp3) is 0.500. The van der Waals surface area contributed by atoms with Gasteiger partial charge in [-0.1, -0.05) is 6.92 Å². The lowest BCUT2D eigenvalue weighted by Crippen LogP contribution is -2.44. The van der Waals surface area contributed by atoms with Crippen LogP contribution < -0.4 is 10.5 Å². The van der Waals surface area contributed by atoms with E-state index in [4.69, 9.17) is 8.85 Å². The van der Waals surface area contributed by atoms with Gasteiger partial charge in [-0.25, -0.2) is 4.98 Å². The molecule has 0 aliphatic carbocycles. The van der Waals surface area contributed by atoms with Crippen molar-refractivity contribution in [2.75, 3.05) is 25.0 Å². The molecule has 0 aromatic carbocycles. The largest absolute Gasteiger partial charge is 0.378 e. The Morgan fingerprint density at radius 1 is 1.50 bits per heavy atom. The second-order valence-electron chi connectivity index (χ2n) is 6.38. The molecule has 24 heavy (non-hydrogen) atoms. The Kier molecular flexibility index (Phi) is 3.38. The SMILES string of the molecule is [2H]C([2H])([2H])OC1(C)CCN(c2c(C#N)c(=O)[nH]c3ccc(CC)nc23)CC1. The Morgan fingerprint density at radius 2 is 2.25 bits per heavy atom. The van der Waals surface area contributed by atoms with Crippen molar-refractivity contribution in [3.8, 4) is 6.07 Å². The third kappa shape index (κ3) is 2.76. The van der Waals surface area contributed by atoms with Gasteiger partial charge in [-0.3, -0.25) is 4.79 Å². The molecule has 1 fully saturated rings. The van der Waals surface area contributed by atoms with Crippen LogP contribution in [-0.2, 0) is 11.2 Å². The molecular weight excluding hydrogens is 304 g/mol. The first-order valence-electron chi connectivity index (χ1n) is 9.57. The number of hydrogen-bond acceptors (Lipinski definition) is 5. The van der Waals surface area contributed by atoms with Gasteiger partial charge in [-0.2, -0.15) is 5.26 Å². The van der Waals surface area contributed by atoms with Crippen LogP contribution in [0.3, 0.4) is 0 Å². The number of methoxy groups -OCH3 is 1. The number of aromatic nitrogens is 2. The highest BCUT2D eigenvalue weighted by Gasteiger charge is 2.32. The smallest absolute Gasteiger partial charge is 0.268 e. The second-order valence-corrected chi connectivity index (χ2v) is 6.38. The first-order valence-corrected chi connectivity index (χ1v) is 8.07. The minimum atomic E-state index is -2.46. The van der Waals surface area contributed by atoms with E-state index in [9.17, 15) is 10.1 Å². The van der Waals surface area contributed by atoms with E-state index in [0.717, 1.165) is 12.1 Å². The summed E-state index contributed by atoms with van der Waals surface area (Å²) in [6, 6.07) is 5.66. The van der Waals surface area contributed by atoms with Crippen LogP contribution in [0.2, 0.25) is 0 Å². The van der Waals surface area contributed by atoms with E-state index in [1.807, 2.05) is 24.0 Å². The Morgan fingerprint density at radius 3 is 2.88 bits per heavy atom. The summed E-state index contributed by atoms with van der Waals surface area (Å²) in [5.41, 5.74) is 1.37. The van der Waals surface area contributed by atoms with E-state index in [0.29, 0.717) is 42.7 Å². The zero-order chi connectivity index (χ0) is 19.8. The van der Waals surface area contributed by atoms with Crippen molar-refractivity contribution in [2.24, 2.45) is 0 Å². The molecule has 1 N–H and O–H groups in total. The van der Waals surface area contributed by atoms with Gasteiger partial charge in [0.2, 0.25) is 0 Å².